The van der Waals surface area contributed by atoms with E-state index in [0.29, 0.717) is 34.6 Å². The standard InChI is InChI=1S/C25H27BrN2O5/c1-5-33-19-12-14(11-15(26)24(19)31-3)22-21-18(27-16-8-6-7-9-17(16)28-22)10-13(2)20(23(21)29)25(30)32-4/h6-9,11-13,20,22,27-28H,5,10H2,1-4H3/t13-,20-,22-/m0/s1. The Hall–Kier alpha value is -3.00. The average Bonchev–Trinajstić information content (AvgIpc) is 2.95. The van der Waals surface area contributed by atoms with E-state index in [2.05, 4.69) is 26.6 Å². The molecule has 0 radical (unpaired) electrons. The maximum absolute atomic E-state index is 13.8. The highest BCUT2D eigenvalue weighted by Crippen LogP contribution is 2.46. The number of allylic oxidation sites excluding steroid dienone is 1. The zero-order valence-corrected chi connectivity index (χ0v) is 20.6. The highest BCUT2D eigenvalue weighted by atomic mass is 79.9. The molecule has 2 aliphatic rings. The third-order valence-electron chi connectivity index (χ3n) is 6.09. The number of methoxy groups -OCH3 is 2. The van der Waals surface area contributed by atoms with Gasteiger partial charge in [-0.1, -0.05) is 19.1 Å². The van der Waals surface area contributed by atoms with Gasteiger partial charge in [0.05, 0.1) is 42.7 Å². The second kappa shape index (κ2) is 9.47. The normalized spacial score (nSPS) is 21.7. The van der Waals surface area contributed by atoms with E-state index < -0.39 is 17.9 Å². The summed E-state index contributed by atoms with van der Waals surface area (Å²) < 4.78 is 17.0. The lowest BCUT2D eigenvalue weighted by atomic mass is 9.75. The first-order valence-corrected chi connectivity index (χ1v) is 11.7. The lowest BCUT2D eigenvalue weighted by molar-refractivity contribution is -0.151. The molecule has 8 heteroatoms. The van der Waals surface area contributed by atoms with E-state index >= 15 is 0 Å². The van der Waals surface area contributed by atoms with Crippen LogP contribution in [-0.2, 0) is 14.3 Å². The Morgan fingerprint density at radius 2 is 1.91 bits per heavy atom. The minimum atomic E-state index is -0.853. The molecule has 2 N–H and O–H groups in total. The maximum atomic E-state index is 13.8. The first-order valence-electron chi connectivity index (χ1n) is 10.9. The summed E-state index contributed by atoms with van der Waals surface area (Å²) in [5.41, 5.74) is 3.88. The molecule has 0 spiro atoms. The van der Waals surface area contributed by atoms with Crippen molar-refractivity contribution >= 4 is 39.1 Å². The number of anilines is 2. The Morgan fingerprint density at radius 3 is 2.58 bits per heavy atom. The summed E-state index contributed by atoms with van der Waals surface area (Å²) in [6.07, 6.45) is 0.545. The number of benzene rings is 2. The molecule has 0 saturated carbocycles. The molecule has 0 amide bonds. The van der Waals surface area contributed by atoms with Crippen LogP contribution in [0.25, 0.3) is 0 Å². The number of halogens is 1. The fourth-order valence-corrected chi connectivity index (χ4v) is 5.22. The topological polar surface area (TPSA) is 85.9 Å². The lowest BCUT2D eigenvalue weighted by Gasteiger charge is -2.32. The fourth-order valence-electron chi connectivity index (χ4n) is 4.60. The van der Waals surface area contributed by atoms with Crippen LogP contribution in [0.15, 0.2) is 52.1 Å². The second-order valence-electron chi connectivity index (χ2n) is 8.15. The van der Waals surface area contributed by atoms with Gasteiger partial charge in [0.15, 0.2) is 17.3 Å². The molecule has 1 heterocycles. The number of para-hydroxylation sites is 2. The van der Waals surface area contributed by atoms with E-state index in [1.54, 1.807) is 7.11 Å². The van der Waals surface area contributed by atoms with E-state index in [0.717, 1.165) is 22.6 Å². The number of esters is 1. The summed E-state index contributed by atoms with van der Waals surface area (Å²) in [6.45, 7) is 4.27. The second-order valence-corrected chi connectivity index (χ2v) is 9.01. The third kappa shape index (κ3) is 4.19. The van der Waals surface area contributed by atoms with Crippen molar-refractivity contribution in [1.29, 1.82) is 0 Å². The monoisotopic (exact) mass is 514 g/mol. The van der Waals surface area contributed by atoms with Gasteiger partial charge in [0, 0.05) is 11.3 Å². The molecule has 1 aliphatic heterocycles. The van der Waals surface area contributed by atoms with Crippen LogP contribution in [-0.4, -0.2) is 32.6 Å². The third-order valence-corrected chi connectivity index (χ3v) is 6.68. The van der Waals surface area contributed by atoms with E-state index in [4.69, 9.17) is 14.2 Å². The first kappa shape index (κ1) is 23.2. The van der Waals surface area contributed by atoms with Gasteiger partial charge < -0.3 is 24.8 Å². The van der Waals surface area contributed by atoms with Gasteiger partial charge in [-0.25, -0.2) is 0 Å². The van der Waals surface area contributed by atoms with Crippen LogP contribution in [0, 0.1) is 11.8 Å². The van der Waals surface area contributed by atoms with Gasteiger partial charge in [0.25, 0.3) is 0 Å². The number of ketones is 1. The first-order chi connectivity index (χ1) is 15.9. The number of rotatable bonds is 5. The molecular weight excluding hydrogens is 488 g/mol. The highest BCUT2D eigenvalue weighted by Gasteiger charge is 2.44. The number of carbonyl (C=O) groups excluding carboxylic acids is 2. The zero-order chi connectivity index (χ0) is 23.7. The maximum Gasteiger partial charge on any atom is 0.316 e. The predicted molar refractivity (Wildman–Crippen MR) is 130 cm³/mol. The molecule has 33 heavy (non-hydrogen) atoms. The van der Waals surface area contributed by atoms with Crippen molar-refractivity contribution in [2.24, 2.45) is 11.8 Å². The summed E-state index contributed by atoms with van der Waals surface area (Å²) in [5.74, 6) is -0.639. The Kier molecular flexibility index (Phi) is 6.65. The molecule has 7 nitrogen and oxygen atoms in total. The molecule has 3 atom stereocenters. The van der Waals surface area contributed by atoms with Crippen molar-refractivity contribution in [2.75, 3.05) is 31.5 Å². The molecular formula is C25H27BrN2O5. The predicted octanol–water partition coefficient (Wildman–Crippen LogP) is 5.09. The van der Waals surface area contributed by atoms with Crippen LogP contribution in [0.1, 0.15) is 31.9 Å². The van der Waals surface area contributed by atoms with Crippen LogP contribution in [0.4, 0.5) is 11.4 Å². The summed E-state index contributed by atoms with van der Waals surface area (Å²) in [6, 6.07) is 11.1. The minimum Gasteiger partial charge on any atom is -0.492 e. The molecule has 0 bridgehead atoms. The molecule has 0 fully saturated rings. The number of hydrogen-bond donors (Lipinski definition) is 2. The Bertz CT molecular complexity index is 1130. The molecule has 174 valence electrons. The molecule has 2 aromatic carbocycles. The van der Waals surface area contributed by atoms with Crippen LogP contribution >= 0.6 is 15.9 Å². The number of carbonyl (C=O) groups is 2. The number of fused-ring (bicyclic) bond motifs is 1. The molecule has 1 aliphatic carbocycles. The van der Waals surface area contributed by atoms with Gasteiger partial charge in [-0.2, -0.15) is 0 Å². The van der Waals surface area contributed by atoms with E-state index in [9.17, 15) is 9.59 Å². The average molecular weight is 515 g/mol. The largest absolute Gasteiger partial charge is 0.492 e. The van der Waals surface area contributed by atoms with Crippen LogP contribution in [0.3, 0.4) is 0 Å². The molecule has 0 aromatic heterocycles. The molecule has 4 rings (SSSR count). The Labute approximate surface area is 201 Å². The van der Waals surface area contributed by atoms with Crippen molar-refractivity contribution in [3.8, 4) is 11.5 Å². The van der Waals surface area contributed by atoms with Gasteiger partial charge in [-0.3, -0.25) is 9.59 Å². The van der Waals surface area contributed by atoms with Crippen LogP contribution in [0.5, 0.6) is 11.5 Å². The highest BCUT2D eigenvalue weighted by molar-refractivity contribution is 9.10. The van der Waals surface area contributed by atoms with Gasteiger partial charge in [-0.05, 0) is 65.0 Å². The lowest BCUT2D eigenvalue weighted by Crippen LogP contribution is -2.39. The fraction of sp³-hybridized carbons (Fsp3) is 0.360. The van der Waals surface area contributed by atoms with Crippen molar-refractivity contribution in [3.05, 3.63) is 57.7 Å². The van der Waals surface area contributed by atoms with Gasteiger partial charge in [0.1, 0.15) is 5.92 Å². The summed E-state index contributed by atoms with van der Waals surface area (Å²) >= 11 is 3.58. The van der Waals surface area contributed by atoms with Gasteiger partial charge >= 0.3 is 5.97 Å². The van der Waals surface area contributed by atoms with Crippen LogP contribution < -0.4 is 20.1 Å². The van der Waals surface area contributed by atoms with E-state index in [-0.39, 0.29) is 11.7 Å². The minimum absolute atomic E-state index is 0.191. The molecule has 2 aromatic rings. The van der Waals surface area contributed by atoms with Crippen molar-refractivity contribution in [2.45, 2.75) is 26.3 Å². The van der Waals surface area contributed by atoms with Crippen molar-refractivity contribution in [1.82, 2.24) is 0 Å². The van der Waals surface area contributed by atoms with Gasteiger partial charge in [0.2, 0.25) is 0 Å². The van der Waals surface area contributed by atoms with E-state index in [1.165, 1.54) is 7.11 Å². The summed E-state index contributed by atoms with van der Waals surface area (Å²) in [5, 5.41) is 6.97. The zero-order valence-electron chi connectivity index (χ0n) is 19.0. The number of ether oxygens (including phenoxy) is 3. The Balaban J connectivity index is 1.91. The van der Waals surface area contributed by atoms with Gasteiger partial charge in [-0.15, -0.1) is 0 Å². The number of hydrogen-bond acceptors (Lipinski definition) is 7. The summed E-state index contributed by atoms with van der Waals surface area (Å²) in [4.78, 5) is 26.3. The quantitative estimate of drug-likeness (QED) is 0.424. The van der Waals surface area contributed by atoms with E-state index in [1.807, 2.05) is 50.2 Å². The van der Waals surface area contributed by atoms with Crippen molar-refractivity contribution < 1.29 is 23.8 Å². The van der Waals surface area contributed by atoms with Crippen LogP contribution in [0.2, 0.25) is 0 Å². The van der Waals surface area contributed by atoms with Crippen molar-refractivity contribution in [3.63, 3.8) is 0 Å². The smallest absolute Gasteiger partial charge is 0.316 e. The Morgan fingerprint density at radius 1 is 1.18 bits per heavy atom. The molecule has 0 unspecified atom stereocenters. The molecule has 0 saturated heterocycles. The summed E-state index contributed by atoms with van der Waals surface area (Å²) in [7, 11) is 2.90. The SMILES string of the molecule is CCOc1cc([C@@H]2Nc3ccccc3NC3=C2C(=O)[C@@H](C(=O)OC)[C@@H](C)C3)cc(Br)c1OC. The number of nitrogens with one attached hydrogen (secondary N) is 2. The number of Topliss-reactive ketones (excluding diaryl/α,β-unsaturated/α-hetero) is 1.